The van der Waals surface area contributed by atoms with Crippen LogP contribution in [0.4, 0.5) is 17.5 Å². The number of anilines is 3. The van der Waals surface area contributed by atoms with Crippen LogP contribution in [0.1, 0.15) is 19.0 Å². The van der Waals surface area contributed by atoms with E-state index in [9.17, 15) is 9.59 Å². The number of nitrogens with one attached hydrogen (secondary N) is 1. The van der Waals surface area contributed by atoms with Crippen molar-refractivity contribution in [1.29, 1.82) is 0 Å². The van der Waals surface area contributed by atoms with Gasteiger partial charge in [-0.1, -0.05) is 6.07 Å². The first-order valence-electron chi connectivity index (χ1n) is 11.1. The van der Waals surface area contributed by atoms with Crippen LogP contribution in [0.3, 0.4) is 0 Å². The van der Waals surface area contributed by atoms with Crippen molar-refractivity contribution < 1.29 is 14.3 Å². The second-order valence-corrected chi connectivity index (χ2v) is 8.14. The number of piperazine rings is 1. The fourth-order valence-electron chi connectivity index (χ4n) is 4.25. The zero-order valence-corrected chi connectivity index (χ0v) is 18.9. The molecule has 2 fully saturated rings. The van der Waals surface area contributed by atoms with Crippen LogP contribution in [0.2, 0.25) is 0 Å². The Labute approximate surface area is 188 Å². The molecule has 0 radical (unpaired) electrons. The molecule has 0 bridgehead atoms. The Morgan fingerprint density at radius 1 is 1.19 bits per heavy atom. The topological polar surface area (TPSA) is 90.9 Å². The molecule has 1 N–H and O–H groups in total. The average molecular weight is 439 g/mol. The quantitative estimate of drug-likeness (QED) is 0.737. The minimum Gasteiger partial charge on any atom is -0.497 e. The van der Waals surface area contributed by atoms with Gasteiger partial charge in [-0.3, -0.25) is 9.59 Å². The lowest BCUT2D eigenvalue weighted by molar-refractivity contribution is -0.136. The number of hydrogen-bond donors (Lipinski definition) is 1. The Kier molecular flexibility index (Phi) is 6.43. The van der Waals surface area contributed by atoms with Crippen LogP contribution in [0, 0.1) is 12.8 Å². The lowest BCUT2D eigenvalue weighted by atomic mass is 10.1. The smallest absolute Gasteiger partial charge is 0.228 e. The molecule has 1 aromatic carbocycles. The molecule has 170 valence electrons. The number of aromatic nitrogens is 2. The van der Waals surface area contributed by atoms with Crippen molar-refractivity contribution in [2.24, 2.45) is 5.92 Å². The summed E-state index contributed by atoms with van der Waals surface area (Å²) in [7, 11) is 1.60. The van der Waals surface area contributed by atoms with Crippen molar-refractivity contribution >= 4 is 29.3 Å². The van der Waals surface area contributed by atoms with Gasteiger partial charge < -0.3 is 24.8 Å². The maximum atomic E-state index is 13.1. The van der Waals surface area contributed by atoms with Crippen molar-refractivity contribution in [3.8, 4) is 5.75 Å². The van der Waals surface area contributed by atoms with Gasteiger partial charge in [-0.05, 0) is 26.0 Å². The Bertz CT molecular complexity index is 989. The minimum absolute atomic E-state index is 0.0284. The first-order valence-corrected chi connectivity index (χ1v) is 11.1. The summed E-state index contributed by atoms with van der Waals surface area (Å²) in [5, 5.41) is 3.23. The molecule has 4 rings (SSSR count). The van der Waals surface area contributed by atoms with Gasteiger partial charge in [0.25, 0.3) is 0 Å². The number of rotatable bonds is 6. The summed E-state index contributed by atoms with van der Waals surface area (Å²) in [5.74, 6) is 1.89. The molecule has 2 saturated heterocycles. The van der Waals surface area contributed by atoms with E-state index in [2.05, 4.69) is 20.2 Å². The van der Waals surface area contributed by atoms with Crippen LogP contribution in [0.15, 0.2) is 30.3 Å². The number of carbonyl (C=O) groups excluding carboxylic acids is 2. The molecule has 2 aromatic rings. The van der Waals surface area contributed by atoms with E-state index in [4.69, 9.17) is 4.74 Å². The van der Waals surface area contributed by atoms with E-state index in [-0.39, 0.29) is 24.2 Å². The first-order chi connectivity index (χ1) is 15.5. The zero-order chi connectivity index (χ0) is 22.7. The summed E-state index contributed by atoms with van der Waals surface area (Å²) in [6.45, 7) is 7.71. The normalized spacial score (nSPS) is 18.8. The second kappa shape index (κ2) is 9.42. The molecule has 9 heteroatoms. The standard InChI is InChI=1S/C23H30N6O3/c1-4-24-20-12-16(2)25-23(26-20)28-10-8-27(9-11-28)22(31)17-13-21(30)29(15-17)18-6-5-7-19(14-18)32-3/h5-7,12,14,17H,4,8-11,13,15H2,1-3H3,(H,24,25,26). The third-order valence-electron chi connectivity index (χ3n) is 5.91. The predicted octanol–water partition coefficient (Wildman–Crippen LogP) is 1.93. The molecule has 2 aliphatic rings. The molecule has 9 nitrogen and oxygen atoms in total. The summed E-state index contributed by atoms with van der Waals surface area (Å²) in [6.07, 6.45) is 0.239. The lowest BCUT2D eigenvalue weighted by Gasteiger charge is -2.36. The predicted molar refractivity (Wildman–Crippen MR) is 123 cm³/mol. The largest absolute Gasteiger partial charge is 0.497 e. The highest BCUT2D eigenvalue weighted by atomic mass is 16.5. The third kappa shape index (κ3) is 4.61. The summed E-state index contributed by atoms with van der Waals surface area (Å²) < 4.78 is 5.26. The van der Waals surface area contributed by atoms with Gasteiger partial charge in [0, 0.05) is 69.2 Å². The average Bonchev–Trinajstić information content (AvgIpc) is 3.20. The zero-order valence-electron chi connectivity index (χ0n) is 18.9. The van der Waals surface area contributed by atoms with E-state index >= 15 is 0 Å². The van der Waals surface area contributed by atoms with Crippen LogP contribution in [-0.2, 0) is 9.59 Å². The first kappa shape index (κ1) is 21.9. The molecule has 2 amide bonds. The number of hydrogen-bond acceptors (Lipinski definition) is 7. The van der Waals surface area contributed by atoms with Gasteiger partial charge in [-0.25, -0.2) is 4.98 Å². The molecular formula is C23H30N6O3. The van der Waals surface area contributed by atoms with Crippen molar-refractivity contribution in [3.63, 3.8) is 0 Å². The number of aryl methyl sites for hydroxylation is 1. The van der Waals surface area contributed by atoms with Crippen LogP contribution in [0.25, 0.3) is 0 Å². The van der Waals surface area contributed by atoms with E-state index in [1.807, 2.05) is 49.1 Å². The van der Waals surface area contributed by atoms with E-state index in [0.29, 0.717) is 44.4 Å². The lowest BCUT2D eigenvalue weighted by Crippen LogP contribution is -2.51. The van der Waals surface area contributed by atoms with E-state index in [1.165, 1.54) is 0 Å². The molecule has 3 heterocycles. The maximum absolute atomic E-state index is 13.1. The molecule has 1 unspecified atom stereocenters. The highest BCUT2D eigenvalue weighted by molar-refractivity contribution is 6.00. The van der Waals surface area contributed by atoms with E-state index in [1.54, 1.807) is 12.0 Å². The van der Waals surface area contributed by atoms with Crippen LogP contribution in [-0.4, -0.2) is 73.1 Å². The second-order valence-electron chi connectivity index (χ2n) is 8.14. The van der Waals surface area contributed by atoms with Gasteiger partial charge in [0.1, 0.15) is 11.6 Å². The number of carbonyl (C=O) groups is 2. The minimum atomic E-state index is -0.323. The monoisotopic (exact) mass is 438 g/mol. The van der Waals surface area contributed by atoms with Crippen molar-refractivity contribution in [3.05, 3.63) is 36.0 Å². The molecule has 0 aliphatic carbocycles. The molecule has 0 saturated carbocycles. The van der Waals surface area contributed by atoms with Crippen molar-refractivity contribution in [2.45, 2.75) is 20.3 Å². The Hall–Kier alpha value is -3.36. The Balaban J connectivity index is 1.37. The SMILES string of the molecule is CCNc1cc(C)nc(N2CCN(C(=O)C3CC(=O)N(c4cccc(OC)c4)C3)CC2)n1. The molecule has 1 aromatic heterocycles. The number of benzene rings is 1. The number of amides is 2. The van der Waals surface area contributed by atoms with Crippen LogP contribution >= 0.6 is 0 Å². The Morgan fingerprint density at radius 2 is 1.97 bits per heavy atom. The summed E-state index contributed by atoms with van der Waals surface area (Å²) in [6, 6.07) is 9.32. The number of ether oxygens (including phenoxy) is 1. The number of methoxy groups -OCH3 is 1. The van der Waals surface area contributed by atoms with Crippen molar-refractivity contribution in [2.75, 3.05) is 61.5 Å². The summed E-state index contributed by atoms with van der Waals surface area (Å²) >= 11 is 0. The van der Waals surface area contributed by atoms with Crippen molar-refractivity contribution in [1.82, 2.24) is 14.9 Å². The highest BCUT2D eigenvalue weighted by Crippen LogP contribution is 2.29. The van der Waals surface area contributed by atoms with E-state index < -0.39 is 0 Å². The third-order valence-corrected chi connectivity index (χ3v) is 5.91. The van der Waals surface area contributed by atoms with Crippen LogP contribution in [0.5, 0.6) is 5.75 Å². The number of nitrogens with zero attached hydrogens (tertiary/aromatic N) is 5. The van der Waals surface area contributed by atoms with Gasteiger partial charge in [-0.2, -0.15) is 4.98 Å². The van der Waals surface area contributed by atoms with Gasteiger partial charge in [0.2, 0.25) is 17.8 Å². The van der Waals surface area contributed by atoms with Gasteiger partial charge in [0.15, 0.2) is 0 Å². The molecule has 32 heavy (non-hydrogen) atoms. The summed E-state index contributed by atoms with van der Waals surface area (Å²) in [4.78, 5) is 40.6. The molecule has 0 spiro atoms. The molecular weight excluding hydrogens is 408 g/mol. The maximum Gasteiger partial charge on any atom is 0.228 e. The fourth-order valence-corrected chi connectivity index (χ4v) is 4.25. The summed E-state index contributed by atoms with van der Waals surface area (Å²) in [5.41, 5.74) is 1.68. The molecule has 1 atom stereocenters. The fraction of sp³-hybridized carbons (Fsp3) is 0.478. The van der Waals surface area contributed by atoms with Gasteiger partial charge >= 0.3 is 0 Å². The Morgan fingerprint density at radius 3 is 2.69 bits per heavy atom. The van der Waals surface area contributed by atoms with Gasteiger partial charge in [-0.15, -0.1) is 0 Å². The highest BCUT2D eigenvalue weighted by Gasteiger charge is 2.38. The molecule has 2 aliphatic heterocycles. The van der Waals surface area contributed by atoms with Gasteiger partial charge in [0.05, 0.1) is 13.0 Å². The van der Waals surface area contributed by atoms with E-state index in [0.717, 1.165) is 23.7 Å². The van der Waals surface area contributed by atoms with Crippen LogP contribution < -0.4 is 19.9 Å².